The standard InChI is InChI=1S/C25H29N3.2ClH.Zr/c1-16-10-7-11-17(2)24(16)26-20(5)22-14-9-15-23(28-22)21(6)27-25-18(3)12-8-13-19(25)4;;;/h7-15,20-21H,1-6H3;2*1H;/q-2;;;+4/p-2. The van der Waals surface area contributed by atoms with Crippen molar-refractivity contribution in [2.45, 2.75) is 53.6 Å². The summed E-state index contributed by atoms with van der Waals surface area (Å²) in [5.74, 6) is 0. The molecular weight excluding hydrogens is 504 g/mol. The number of aryl methyl sites for hydroxylation is 4. The van der Waals surface area contributed by atoms with Crippen LogP contribution in [0.2, 0.25) is 0 Å². The number of hydrogen-bond acceptors (Lipinski definition) is 1. The van der Waals surface area contributed by atoms with E-state index in [4.69, 9.17) is 32.6 Å². The quantitative estimate of drug-likeness (QED) is 0.311. The van der Waals surface area contributed by atoms with Crippen LogP contribution in [0.4, 0.5) is 11.4 Å². The Balaban J connectivity index is 0.00000107. The predicted octanol–water partition coefficient (Wildman–Crippen LogP) is 9.22. The molecule has 0 saturated heterocycles. The fourth-order valence-corrected chi connectivity index (χ4v) is 3.47. The molecule has 0 bridgehead atoms. The molecular formula is C25H29Cl2N3Zr. The van der Waals surface area contributed by atoms with Crippen LogP contribution in [0.1, 0.15) is 59.6 Å². The van der Waals surface area contributed by atoms with Crippen LogP contribution in [0.15, 0.2) is 54.6 Å². The number of pyridine rings is 1. The number of nitrogens with zero attached hydrogens (tertiary/aromatic N) is 3. The van der Waals surface area contributed by atoms with Gasteiger partial charge in [0.2, 0.25) is 0 Å². The Morgan fingerprint density at radius 2 is 0.935 bits per heavy atom. The van der Waals surface area contributed by atoms with Crippen molar-refractivity contribution in [3.63, 3.8) is 0 Å². The van der Waals surface area contributed by atoms with Crippen LogP contribution in [-0.4, -0.2) is 4.98 Å². The van der Waals surface area contributed by atoms with E-state index in [1.165, 1.54) is 22.3 Å². The predicted molar refractivity (Wildman–Crippen MR) is 131 cm³/mol. The fraction of sp³-hybridized carbons (Fsp3) is 0.320. The summed E-state index contributed by atoms with van der Waals surface area (Å²) in [5, 5.41) is 9.90. The molecule has 0 aliphatic carbocycles. The maximum absolute atomic E-state index is 4.95. The number of aromatic nitrogens is 1. The van der Waals surface area contributed by atoms with Crippen LogP contribution in [-0.2, 0) is 20.8 Å². The van der Waals surface area contributed by atoms with Gasteiger partial charge in [0.15, 0.2) is 0 Å². The van der Waals surface area contributed by atoms with Crippen LogP contribution in [0.25, 0.3) is 10.6 Å². The van der Waals surface area contributed by atoms with E-state index < -0.39 is 20.8 Å². The van der Waals surface area contributed by atoms with Crippen molar-refractivity contribution < 1.29 is 20.8 Å². The molecule has 1 aromatic heterocycles. The topological polar surface area (TPSA) is 41.1 Å². The van der Waals surface area contributed by atoms with Gasteiger partial charge < -0.3 is 10.6 Å². The maximum atomic E-state index is 4.95. The Morgan fingerprint density at radius 1 is 0.645 bits per heavy atom. The zero-order chi connectivity index (χ0) is 23.0. The van der Waals surface area contributed by atoms with Crippen LogP contribution < -0.4 is 0 Å². The van der Waals surface area contributed by atoms with Crippen LogP contribution in [0.5, 0.6) is 0 Å². The van der Waals surface area contributed by atoms with E-state index in [-0.39, 0.29) is 12.1 Å². The summed E-state index contributed by atoms with van der Waals surface area (Å²) in [6.07, 6.45) is 0. The second kappa shape index (κ2) is 12.6. The average Bonchev–Trinajstić information content (AvgIpc) is 2.74. The van der Waals surface area contributed by atoms with E-state index in [9.17, 15) is 0 Å². The molecule has 2 aromatic carbocycles. The average molecular weight is 534 g/mol. The Hall–Kier alpha value is -1.35. The summed E-state index contributed by atoms with van der Waals surface area (Å²) in [6.45, 7) is 12.6. The molecule has 6 heteroatoms. The molecule has 0 fully saturated rings. The Labute approximate surface area is 205 Å². The first-order chi connectivity index (χ1) is 14.8. The van der Waals surface area contributed by atoms with Gasteiger partial charge in [0, 0.05) is 11.4 Å². The number of halogens is 2. The van der Waals surface area contributed by atoms with Gasteiger partial charge in [0.25, 0.3) is 0 Å². The molecule has 0 aliphatic heterocycles. The third-order valence-corrected chi connectivity index (χ3v) is 5.17. The van der Waals surface area contributed by atoms with Crippen molar-refractivity contribution in [2.24, 2.45) is 0 Å². The zero-order valence-electron chi connectivity index (χ0n) is 18.9. The zero-order valence-corrected chi connectivity index (χ0v) is 22.9. The van der Waals surface area contributed by atoms with Crippen LogP contribution in [0.3, 0.4) is 0 Å². The van der Waals surface area contributed by atoms with Gasteiger partial charge in [-0.15, -0.1) is 11.4 Å². The molecule has 162 valence electrons. The van der Waals surface area contributed by atoms with Crippen LogP contribution in [0, 0.1) is 27.7 Å². The van der Waals surface area contributed by atoms with E-state index in [1.54, 1.807) is 0 Å². The van der Waals surface area contributed by atoms with Gasteiger partial charge in [0.05, 0.1) is 0 Å². The monoisotopic (exact) mass is 531 g/mol. The summed E-state index contributed by atoms with van der Waals surface area (Å²) in [4.78, 5) is 4.90. The molecule has 2 unspecified atom stereocenters. The van der Waals surface area contributed by atoms with Crippen LogP contribution >= 0.6 is 17.0 Å². The molecule has 0 radical (unpaired) electrons. The molecule has 1 heterocycles. The van der Waals surface area contributed by atoms with Crippen molar-refractivity contribution in [3.8, 4) is 0 Å². The Morgan fingerprint density at radius 3 is 1.26 bits per heavy atom. The van der Waals surface area contributed by atoms with Gasteiger partial charge in [-0.2, -0.15) is 0 Å². The Kier molecular flexibility index (Phi) is 10.6. The van der Waals surface area contributed by atoms with E-state index in [1.807, 2.05) is 0 Å². The van der Waals surface area contributed by atoms with Crippen molar-refractivity contribution >= 4 is 28.4 Å². The molecule has 3 rings (SSSR count). The summed E-state index contributed by atoms with van der Waals surface area (Å²) in [7, 11) is 9.87. The Bertz CT molecular complexity index is 879. The molecule has 0 spiro atoms. The van der Waals surface area contributed by atoms with Gasteiger partial charge in [-0.05, 0) is 39.8 Å². The van der Waals surface area contributed by atoms with Gasteiger partial charge >= 0.3 is 37.9 Å². The van der Waals surface area contributed by atoms with Crippen molar-refractivity contribution in [1.29, 1.82) is 0 Å². The van der Waals surface area contributed by atoms with E-state index in [2.05, 4.69) is 96.1 Å². The SMILES string of the molecule is Cc1cccc(C)c1[N-]C(C)c1cccc(C(C)[N-]c2c(C)cccc2C)n1.[Cl][Zr+2][Cl]. The van der Waals surface area contributed by atoms with E-state index in [0.717, 1.165) is 22.8 Å². The summed E-state index contributed by atoms with van der Waals surface area (Å²) in [6, 6.07) is 18.7. The summed E-state index contributed by atoms with van der Waals surface area (Å²) < 4.78 is 0. The van der Waals surface area contributed by atoms with E-state index >= 15 is 0 Å². The third kappa shape index (κ3) is 7.34. The van der Waals surface area contributed by atoms with Gasteiger partial charge in [-0.1, -0.05) is 90.6 Å². The number of benzene rings is 2. The number of para-hydroxylation sites is 2. The minimum absolute atomic E-state index is 0.00727. The minimum atomic E-state index is -0.826. The molecule has 3 nitrogen and oxygen atoms in total. The molecule has 31 heavy (non-hydrogen) atoms. The number of rotatable bonds is 6. The second-order valence-corrected chi connectivity index (χ2v) is 11.4. The van der Waals surface area contributed by atoms with Gasteiger partial charge in [0.1, 0.15) is 0 Å². The van der Waals surface area contributed by atoms with Gasteiger partial charge in [-0.25, -0.2) is 0 Å². The van der Waals surface area contributed by atoms with Crippen molar-refractivity contribution in [2.75, 3.05) is 0 Å². The normalized spacial score (nSPS) is 12.1. The number of hydrogen-bond donors (Lipinski definition) is 0. The molecule has 2 atom stereocenters. The summed E-state index contributed by atoms with van der Waals surface area (Å²) in [5.41, 5.74) is 8.86. The van der Waals surface area contributed by atoms with Gasteiger partial charge in [-0.3, -0.25) is 4.98 Å². The third-order valence-electron chi connectivity index (χ3n) is 5.17. The first-order valence-electron chi connectivity index (χ1n) is 10.3. The van der Waals surface area contributed by atoms with E-state index in [0.29, 0.717) is 0 Å². The molecule has 3 aromatic rings. The first kappa shape index (κ1) is 25.9. The second-order valence-electron chi connectivity index (χ2n) is 7.65. The molecule has 0 amide bonds. The molecule has 0 saturated carbocycles. The van der Waals surface area contributed by atoms with Crippen molar-refractivity contribution in [3.05, 3.63) is 98.9 Å². The molecule has 0 N–H and O–H groups in total. The summed E-state index contributed by atoms with van der Waals surface area (Å²) >= 11 is -0.826. The fourth-order valence-electron chi connectivity index (χ4n) is 3.47. The molecule has 0 aliphatic rings. The van der Waals surface area contributed by atoms with Crippen molar-refractivity contribution in [1.82, 2.24) is 4.98 Å². The first-order valence-corrected chi connectivity index (χ1v) is 16.6.